The molecule has 3 nitrogen and oxygen atoms in total. The van der Waals surface area contributed by atoms with Crippen LogP contribution in [0.2, 0.25) is 5.02 Å². The number of rotatable bonds is 9. The van der Waals surface area contributed by atoms with Crippen molar-refractivity contribution in [1.82, 2.24) is 0 Å². The summed E-state index contributed by atoms with van der Waals surface area (Å²) in [5.41, 5.74) is 3.03. The minimum Gasteiger partial charge on any atom is -0.322 e. The van der Waals surface area contributed by atoms with Crippen LogP contribution in [0, 0.1) is 0 Å². The number of anilines is 1. The molecular weight excluding hydrogens is 446 g/mol. The molecule has 0 spiro atoms. The monoisotopic (exact) mass is 467 g/mol. The molecule has 0 atom stereocenters. The summed E-state index contributed by atoms with van der Waals surface area (Å²) in [5.74, 6) is 0.667. The lowest BCUT2D eigenvalue weighted by atomic mass is 10.2. The molecule has 0 saturated carbocycles. The normalized spacial score (nSPS) is 10.4. The lowest BCUT2D eigenvalue weighted by molar-refractivity contribution is -0.118. The summed E-state index contributed by atoms with van der Waals surface area (Å²) in [7, 11) is 0. The third-order valence-electron chi connectivity index (χ3n) is 4.31. The van der Waals surface area contributed by atoms with Crippen molar-refractivity contribution >= 4 is 52.5 Å². The molecule has 3 rings (SSSR count). The number of ketones is 1. The molecular formula is C25H22ClNO2S2. The van der Waals surface area contributed by atoms with E-state index in [0.717, 1.165) is 11.1 Å². The number of thioether (sulfide) groups is 2. The number of benzene rings is 3. The maximum atomic E-state index is 13.1. The Hall–Kier alpha value is -2.47. The highest BCUT2D eigenvalue weighted by Gasteiger charge is 2.21. The maximum Gasteiger partial charge on any atom is 0.260 e. The Kier molecular flexibility index (Phi) is 8.83. The highest BCUT2D eigenvalue weighted by Crippen LogP contribution is 2.37. The summed E-state index contributed by atoms with van der Waals surface area (Å²) in [6, 6.07) is 26.8. The minimum atomic E-state index is -0.411. The second-order valence-electron chi connectivity index (χ2n) is 6.73. The number of hydrogen-bond donors (Lipinski definition) is 1. The number of Topliss-reactive ketones (excluding diaryl/α,β-unsaturated/α-hetero) is 1. The van der Waals surface area contributed by atoms with E-state index in [2.05, 4.69) is 5.32 Å². The van der Waals surface area contributed by atoms with Crippen LogP contribution in [-0.2, 0) is 21.1 Å². The van der Waals surface area contributed by atoms with Crippen LogP contribution in [0.25, 0.3) is 0 Å². The van der Waals surface area contributed by atoms with E-state index in [4.69, 9.17) is 11.6 Å². The summed E-state index contributed by atoms with van der Waals surface area (Å²) in [6.45, 7) is 1.43. The van der Waals surface area contributed by atoms with Crippen molar-refractivity contribution in [3.05, 3.63) is 111 Å². The fraction of sp³-hybridized carbons (Fsp3) is 0.120. The van der Waals surface area contributed by atoms with Crippen LogP contribution in [-0.4, -0.2) is 11.7 Å². The van der Waals surface area contributed by atoms with E-state index in [1.807, 2.05) is 60.7 Å². The van der Waals surface area contributed by atoms with Crippen LogP contribution in [0.5, 0.6) is 0 Å². The van der Waals surface area contributed by atoms with E-state index in [1.54, 1.807) is 24.3 Å². The highest BCUT2D eigenvalue weighted by molar-refractivity contribution is 8.21. The summed E-state index contributed by atoms with van der Waals surface area (Å²) < 4.78 is 0.715. The van der Waals surface area contributed by atoms with Gasteiger partial charge in [-0.3, -0.25) is 9.59 Å². The molecule has 6 heteroatoms. The van der Waals surface area contributed by atoms with Crippen molar-refractivity contribution in [2.45, 2.75) is 18.4 Å². The van der Waals surface area contributed by atoms with Crippen LogP contribution in [0.15, 0.2) is 94.7 Å². The highest BCUT2D eigenvalue weighted by atomic mass is 35.5. The van der Waals surface area contributed by atoms with Gasteiger partial charge in [-0.05, 0) is 42.3 Å². The summed E-state index contributed by atoms with van der Waals surface area (Å²) in [6.07, 6.45) is 0. The van der Waals surface area contributed by atoms with Crippen LogP contribution < -0.4 is 5.32 Å². The molecule has 0 aliphatic carbocycles. The van der Waals surface area contributed by atoms with Crippen LogP contribution in [0.3, 0.4) is 0 Å². The average Bonchev–Trinajstić information content (AvgIpc) is 2.78. The Morgan fingerprint density at radius 1 is 0.774 bits per heavy atom. The number of amides is 1. The van der Waals surface area contributed by atoms with Gasteiger partial charge in [-0.1, -0.05) is 72.3 Å². The standard InChI is InChI=1S/C25H22ClNO2S2/c1-18(28)23(24(29)27-22-14-12-21(26)13-15-22)25(30-16-19-8-4-2-5-9-19)31-17-20-10-6-3-7-11-20/h2-15H,16-17H2,1H3,(H,27,29). The van der Waals surface area contributed by atoms with Gasteiger partial charge in [-0.2, -0.15) is 0 Å². The van der Waals surface area contributed by atoms with Crippen LogP contribution in [0.1, 0.15) is 18.1 Å². The first kappa shape index (κ1) is 23.2. The van der Waals surface area contributed by atoms with Gasteiger partial charge in [-0.15, -0.1) is 23.5 Å². The number of halogens is 1. The molecule has 0 aliphatic rings. The first-order valence-electron chi connectivity index (χ1n) is 9.68. The van der Waals surface area contributed by atoms with Gasteiger partial charge in [0.15, 0.2) is 5.78 Å². The Morgan fingerprint density at radius 3 is 1.71 bits per heavy atom. The molecule has 31 heavy (non-hydrogen) atoms. The van der Waals surface area contributed by atoms with Gasteiger partial charge >= 0.3 is 0 Å². The van der Waals surface area contributed by atoms with Crippen molar-refractivity contribution in [2.24, 2.45) is 0 Å². The van der Waals surface area contributed by atoms with Gasteiger partial charge in [0.05, 0.1) is 4.24 Å². The second kappa shape index (κ2) is 11.8. The van der Waals surface area contributed by atoms with E-state index in [0.29, 0.717) is 26.5 Å². The number of hydrogen-bond acceptors (Lipinski definition) is 4. The molecule has 3 aromatic carbocycles. The van der Waals surface area contributed by atoms with E-state index >= 15 is 0 Å². The molecule has 0 aliphatic heterocycles. The Labute approximate surface area is 196 Å². The van der Waals surface area contributed by atoms with Gasteiger partial charge < -0.3 is 5.32 Å². The largest absolute Gasteiger partial charge is 0.322 e. The van der Waals surface area contributed by atoms with Crippen LogP contribution >= 0.6 is 35.1 Å². The van der Waals surface area contributed by atoms with Crippen molar-refractivity contribution in [3.63, 3.8) is 0 Å². The topological polar surface area (TPSA) is 46.2 Å². The molecule has 158 valence electrons. The fourth-order valence-electron chi connectivity index (χ4n) is 2.76. The van der Waals surface area contributed by atoms with E-state index in [-0.39, 0.29) is 11.4 Å². The number of nitrogens with one attached hydrogen (secondary N) is 1. The molecule has 0 aromatic heterocycles. The minimum absolute atomic E-state index is 0.178. The number of carbonyl (C=O) groups excluding carboxylic acids is 2. The molecule has 3 aromatic rings. The Balaban J connectivity index is 1.86. The van der Waals surface area contributed by atoms with E-state index in [9.17, 15) is 9.59 Å². The fourth-order valence-corrected chi connectivity index (χ4v) is 5.31. The molecule has 0 bridgehead atoms. The lowest BCUT2D eigenvalue weighted by Crippen LogP contribution is -2.20. The smallest absolute Gasteiger partial charge is 0.260 e. The third-order valence-corrected chi connectivity index (χ3v) is 7.16. The predicted octanol–water partition coefficient (Wildman–Crippen LogP) is 6.95. The molecule has 0 unspecified atom stereocenters. The van der Waals surface area contributed by atoms with Gasteiger partial charge in [0.2, 0.25) is 0 Å². The van der Waals surface area contributed by atoms with E-state index in [1.165, 1.54) is 30.4 Å². The third kappa shape index (κ3) is 7.31. The SMILES string of the molecule is CC(=O)C(C(=O)Nc1ccc(Cl)cc1)=C(SCc1ccccc1)SCc1ccccc1. The molecule has 1 amide bonds. The summed E-state index contributed by atoms with van der Waals surface area (Å²) in [4.78, 5) is 25.6. The molecule has 0 saturated heterocycles. The molecule has 0 radical (unpaired) electrons. The van der Waals surface area contributed by atoms with Crippen molar-refractivity contribution in [1.29, 1.82) is 0 Å². The summed E-state index contributed by atoms with van der Waals surface area (Å²) >= 11 is 8.95. The zero-order valence-corrected chi connectivity index (χ0v) is 19.4. The van der Waals surface area contributed by atoms with Crippen molar-refractivity contribution < 1.29 is 9.59 Å². The summed E-state index contributed by atoms with van der Waals surface area (Å²) in [5, 5.41) is 3.41. The van der Waals surface area contributed by atoms with Gasteiger partial charge in [-0.25, -0.2) is 0 Å². The first-order valence-corrected chi connectivity index (χ1v) is 12.0. The zero-order chi connectivity index (χ0) is 22.1. The van der Waals surface area contributed by atoms with Gasteiger partial charge in [0.25, 0.3) is 5.91 Å². The van der Waals surface area contributed by atoms with Gasteiger partial charge in [0, 0.05) is 22.2 Å². The second-order valence-corrected chi connectivity index (χ2v) is 9.39. The maximum absolute atomic E-state index is 13.1. The quantitative estimate of drug-likeness (QED) is 0.210. The van der Waals surface area contributed by atoms with Crippen LogP contribution in [0.4, 0.5) is 5.69 Å². The molecule has 1 N–H and O–H groups in total. The zero-order valence-electron chi connectivity index (χ0n) is 17.0. The first-order chi connectivity index (χ1) is 15.0. The Bertz CT molecular complexity index is 1010. The molecule has 0 heterocycles. The average molecular weight is 468 g/mol. The van der Waals surface area contributed by atoms with Crippen molar-refractivity contribution in [3.8, 4) is 0 Å². The molecule has 0 fully saturated rings. The van der Waals surface area contributed by atoms with E-state index < -0.39 is 5.91 Å². The Morgan fingerprint density at radius 2 is 1.26 bits per heavy atom. The van der Waals surface area contributed by atoms with Crippen molar-refractivity contribution in [2.75, 3.05) is 5.32 Å². The lowest BCUT2D eigenvalue weighted by Gasteiger charge is -2.14. The number of carbonyl (C=O) groups is 2. The van der Waals surface area contributed by atoms with Gasteiger partial charge in [0.1, 0.15) is 5.57 Å². The predicted molar refractivity (Wildman–Crippen MR) is 133 cm³/mol.